The number of nitrogens with two attached hydrogens (primary N) is 1. The summed E-state index contributed by atoms with van der Waals surface area (Å²) in [5.41, 5.74) is 7.65. The molecule has 0 radical (unpaired) electrons. The molecule has 1 saturated heterocycles. The van der Waals surface area contributed by atoms with Crippen molar-refractivity contribution in [2.24, 2.45) is 12.8 Å². The van der Waals surface area contributed by atoms with Crippen LogP contribution in [-0.4, -0.2) is 39.4 Å². The Kier molecular flexibility index (Phi) is 5.20. The van der Waals surface area contributed by atoms with Gasteiger partial charge < -0.3 is 19.9 Å². The van der Waals surface area contributed by atoms with E-state index in [2.05, 4.69) is 4.57 Å². The highest BCUT2D eigenvalue weighted by atomic mass is 16.5. The Morgan fingerprint density at radius 1 is 1.14 bits per heavy atom. The topological polar surface area (TPSA) is 90.5 Å². The number of ether oxygens (including phenoxy) is 1. The van der Waals surface area contributed by atoms with Crippen molar-refractivity contribution in [1.29, 1.82) is 0 Å². The first-order chi connectivity index (χ1) is 14.0. The second-order valence-electron chi connectivity index (χ2n) is 7.29. The molecule has 29 heavy (non-hydrogen) atoms. The van der Waals surface area contributed by atoms with Crippen LogP contribution >= 0.6 is 0 Å². The smallest absolute Gasteiger partial charge is 0.261 e. The molecule has 150 valence electrons. The fraction of sp³-hybridized carbons (Fsp3) is 0.318. The highest BCUT2D eigenvalue weighted by Crippen LogP contribution is 2.32. The fourth-order valence-corrected chi connectivity index (χ4v) is 3.90. The molecule has 2 amide bonds. The van der Waals surface area contributed by atoms with Gasteiger partial charge in [0.25, 0.3) is 5.91 Å². The Hall–Kier alpha value is -3.35. The van der Waals surface area contributed by atoms with Gasteiger partial charge >= 0.3 is 0 Å². The SMILES string of the molecule is Cn1c([C@H]2CCCCN2C(=O)COc2ccc(C(N)=O)cc2)nc2ccccc21. The number of para-hydroxylation sites is 2. The van der Waals surface area contributed by atoms with E-state index >= 15 is 0 Å². The lowest BCUT2D eigenvalue weighted by Gasteiger charge is -2.35. The number of benzene rings is 2. The molecular weight excluding hydrogens is 368 g/mol. The van der Waals surface area contributed by atoms with Crippen LogP contribution in [0.15, 0.2) is 48.5 Å². The number of likely N-dealkylation sites (tertiary alicyclic amines) is 1. The summed E-state index contributed by atoms with van der Waals surface area (Å²) in [4.78, 5) is 30.8. The largest absolute Gasteiger partial charge is 0.484 e. The van der Waals surface area contributed by atoms with Crippen molar-refractivity contribution < 1.29 is 14.3 Å². The quantitative estimate of drug-likeness (QED) is 0.723. The third kappa shape index (κ3) is 3.81. The summed E-state index contributed by atoms with van der Waals surface area (Å²) in [7, 11) is 2.00. The molecule has 0 spiro atoms. The second-order valence-corrected chi connectivity index (χ2v) is 7.29. The summed E-state index contributed by atoms with van der Waals surface area (Å²) in [5.74, 6) is 0.872. The number of carbonyl (C=O) groups is 2. The lowest BCUT2D eigenvalue weighted by atomic mass is 10.0. The zero-order valence-electron chi connectivity index (χ0n) is 16.4. The summed E-state index contributed by atoms with van der Waals surface area (Å²) in [5, 5.41) is 0. The number of amides is 2. The molecular formula is C22H24N4O3. The van der Waals surface area contributed by atoms with Crippen LogP contribution in [0.1, 0.15) is 41.5 Å². The van der Waals surface area contributed by atoms with Crippen LogP contribution < -0.4 is 10.5 Å². The molecule has 1 aromatic heterocycles. The highest BCUT2D eigenvalue weighted by molar-refractivity contribution is 5.92. The Morgan fingerprint density at radius 3 is 2.62 bits per heavy atom. The molecule has 2 heterocycles. The Morgan fingerprint density at radius 2 is 1.90 bits per heavy atom. The van der Waals surface area contributed by atoms with Crippen molar-refractivity contribution in [2.45, 2.75) is 25.3 Å². The van der Waals surface area contributed by atoms with E-state index < -0.39 is 5.91 Å². The molecule has 0 unspecified atom stereocenters. The first kappa shape index (κ1) is 19.0. The van der Waals surface area contributed by atoms with Gasteiger partial charge in [-0.05, 0) is 55.7 Å². The summed E-state index contributed by atoms with van der Waals surface area (Å²) in [6.45, 7) is 0.632. The van der Waals surface area contributed by atoms with Crippen molar-refractivity contribution in [3.63, 3.8) is 0 Å². The van der Waals surface area contributed by atoms with Gasteiger partial charge in [0.2, 0.25) is 5.91 Å². The minimum atomic E-state index is -0.494. The molecule has 0 bridgehead atoms. The number of aryl methyl sites for hydroxylation is 1. The molecule has 1 fully saturated rings. The van der Waals surface area contributed by atoms with Crippen LogP contribution in [0.2, 0.25) is 0 Å². The molecule has 0 aliphatic carbocycles. The van der Waals surface area contributed by atoms with E-state index in [0.29, 0.717) is 17.9 Å². The number of aromatic nitrogens is 2. The van der Waals surface area contributed by atoms with Gasteiger partial charge in [-0.15, -0.1) is 0 Å². The predicted octanol–water partition coefficient (Wildman–Crippen LogP) is 2.80. The van der Waals surface area contributed by atoms with Crippen molar-refractivity contribution in [2.75, 3.05) is 13.2 Å². The van der Waals surface area contributed by atoms with Crippen LogP contribution in [0.25, 0.3) is 11.0 Å². The molecule has 2 N–H and O–H groups in total. The minimum Gasteiger partial charge on any atom is -0.484 e. The molecule has 7 heteroatoms. The summed E-state index contributed by atoms with van der Waals surface area (Å²) in [6.07, 6.45) is 2.92. The summed E-state index contributed by atoms with van der Waals surface area (Å²) < 4.78 is 7.74. The first-order valence-corrected chi connectivity index (χ1v) is 9.78. The number of carbonyl (C=O) groups excluding carboxylic acids is 2. The molecule has 0 saturated carbocycles. The van der Waals surface area contributed by atoms with Gasteiger partial charge in [-0.3, -0.25) is 9.59 Å². The molecule has 2 aromatic carbocycles. The predicted molar refractivity (Wildman–Crippen MR) is 109 cm³/mol. The van der Waals surface area contributed by atoms with Crippen LogP contribution in [0, 0.1) is 0 Å². The number of imidazole rings is 1. The van der Waals surface area contributed by atoms with E-state index in [0.717, 1.165) is 36.1 Å². The van der Waals surface area contributed by atoms with Gasteiger partial charge in [0.05, 0.1) is 17.1 Å². The highest BCUT2D eigenvalue weighted by Gasteiger charge is 2.31. The van der Waals surface area contributed by atoms with Gasteiger partial charge in [0, 0.05) is 19.2 Å². The van der Waals surface area contributed by atoms with E-state index in [1.165, 1.54) is 0 Å². The van der Waals surface area contributed by atoms with Crippen molar-refractivity contribution in [3.05, 3.63) is 59.9 Å². The molecule has 1 aliphatic heterocycles. The van der Waals surface area contributed by atoms with Crippen LogP contribution in [0.5, 0.6) is 5.75 Å². The molecule has 7 nitrogen and oxygen atoms in total. The molecule has 4 rings (SSSR count). The van der Waals surface area contributed by atoms with Gasteiger partial charge in [-0.2, -0.15) is 0 Å². The second kappa shape index (κ2) is 7.95. The Labute approximate surface area is 169 Å². The average molecular weight is 392 g/mol. The van der Waals surface area contributed by atoms with E-state index in [9.17, 15) is 9.59 Å². The maximum Gasteiger partial charge on any atom is 0.261 e. The van der Waals surface area contributed by atoms with Gasteiger partial charge in [-0.25, -0.2) is 4.98 Å². The Balaban J connectivity index is 1.50. The van der Waals surface area contributed by atoms with Crippen LogP contribution in [0.3, 0.4) is 0 Å². The zero-order chi connectivity index (χ0) is 20.4. The van der Waals surface area contributed by atoms with E-state index in [-0.39, 0.29) is 18.6 Å². The molecule has 1 aliphatic rings. The van der Waals surface area contributed by atoms with Crippen LogP contribution in [-0.2, 0) is 11.8 Å². The number of rotatable bonds is 5. The third-order valence-corrected chi connectivity index (χ3v) is 5.44. The lowest BCUT2D eigenvalue weighted by molar-refractivity contribution is -0.137. The maximum atomic E-state index is 12.9. The normalized spacial score (nSPS) is 16.7. The van der Waals surface area contributed by atoms with Gasteiger partial charge in [0.15, 0.2) is 6.61 Å². The van der Waals surface area contributed by atoms with Crippen molar-refractivity contribution in [3.8, 4) is 5.75 Å². The average Bonchev–Trinajstić information content (AvgIpc) is 3.09. The number of piperidine rings is 1. The fourth-order valence-electron chi connectivity index (χ4n) is 3.90. The van der Waals surface area contributed by atoms with E-state index in [1.807, 2.05) is 36.2 Å². The maximum absolute atomic E-state index is 12.9. The summed E-state index contributed by atoms with van der Waals surface area (Å²) in [6, 6.07) is 14.4. The van der Waals surface area contributed by atoms with E-state index in [4.69, 9.17) is 15.5 Å². The molecule has 1 atom stereocenters. The summed E-state index contributed by atoms with van der Waals surface area (Å²) >= 11 is 0. The number of hydrogen-bond acceptors (Lipinski definition) is 4. The van der Waals surface area contributed by atoms with Crippen molar-refractivity contribution in [1.82, 2.24) is 14.5 Å². The standard InChI is InChI=1S/C22H24N4O3/c1-25-18-7-3-2-6-17(18)24-22(25)19-8-4-5-13-26(19)20(27)14-29-16-11-9-15(10-12-16)21(23)28/h2-3,6-7,9-12,19H,4-5,8,13-14H2,1H3,(H2,23,28)/t19-/m1/s1. The zero-order valence-corrected chi connectivity index (χ0v) is 16.4. The number of fused-ring (bicyclic) bond motifs is 1. The third-order valence-electron chi connectivity index (χ3n) is 5.44. The van der Waals surface area contributed by atoms with Gasteiger partial charge in [0.1, 0.15) is 11.6 Å². The minimum absolute atomic E-state index is 0.0592. The van der Waals surface area contributed by atoms with Gasteiger partial charge in [-0.1, -0.05) is 12.1 Å². The number of hydrogen-bond donors (Lipinski definition) is 1. The van der Waals surface area contributed by atoms with Crippen molar-refractivity contribution >= 4 is 22.8 Å². The van der Waals surface area contributed by atoms with E-state index in [1.54, 1.807) is 24.3 Å². The molecule has 3 aromatic rings. The van der Waals surface area contributed by atoms with Crippen LogP contribution in [0.4, 0.5) is 0 Å². The number of nitrogens with zero attached hydrogens (tertiary/aromatic N) is 3. The number of primary amides is 1. The first-order valence-electron chi connectivity index (χ1n) is 9.78. The monoisotopic (exact) mass is 392 g/mol. The Bertz CT molecular complexity index is 1040. The lowest BCUT2D eigenvalue weighted by Crippen LogP contribution is -2.42.